The van der Waals surface area contributed by atoms with Crippen molar-refractivity contribution in [3.05, 3.63) is 83.9 Å². The van der Waals surface area contributed by atoms with Gasteiger partial charge in [-0.1, -0.05) is 102 Å². The van der Waals surface area contributed by atoms with E-state index in [1.54, 1.807) is 19.9 Å². The standard InChI is InChI=1S/C29H30N2/c1-27(2)21-17-23-24(18-22(21)28(3,4)29(27,5)6)31-26(20-15-11-8-12-16-20)25(30-23)19-13-9-7-10-14-19/h7-18H,1-6H3/i1D3,2D3,5D3. The van der Waals surface area contributed by atoms with Gasteiger partial charge in [-0.25, -0.2) is 9.97 Å². The lowest BCUT2D eigenvalue weighted by molar-refractivity contribution is 0.125. The molecular weight excluding hydrogens is 376 g/mol. The van der Waals surface area contributed by atoms with Gasteiger partial charge in [-0.2, -0.15) is 0 Å². The lowest BCUT2D eigenvalue weighted by Crippen LogP contribution is -2.42. The molecule has 4 aromatic rings. The second kappa shape index (κ2) is 6.50. The topological polar surface area (TPSA) is 25.8 Å². The van der Waals surface area contributed by atoms with Crippen LogP contribution in [0.4, 0.5) is 0 Å². The van der Waals surface area contributed by atoms with Gasteiger partial charge < -0.3 is 0 Å². The van der Waals surface area contributed by atoms with E-state index in [-0.39, 0.29) is 5.56 Å². The van der Waals surface area contributed by atoms with Crippen LogP contribution in [0, 0.1) is 5.41 Å². The van der Waals surface area contributed by atoms with Crippen LogP contribution >= 0.6 is 0 Å². The van der Waals surface area contributed by atoms with Gasteiger partial charge in [0.25, 0.3) is 0 Å². The van der Waals surface area contributed by atoms with E-state index in [1.807, 2.05) is 60.7 Å². The Hall–Kier alpha value is -3.00. The molecular formula is C29H30N2. The molecule has 5 rings (SSSR count). The fraction of sp³-hybridized carbons (Fsp3) is 0.310. The summed E-state index contributed by atoms with van der Waals surface area (Å²) < 4.78 is 77.2. The molecule has 3 aromatic carbocycles. The number of hydrogen-bond donors (Lipinski definition) is 0. The Morgan fingerprint density at radius 3 is 1.48 bits per heavy atom. The van der Waals surface area contributed by atoms with Crippen molar-refractivity contribution in [1.29, 1.82) is 0 Å². The van der Waals surface area contributed by atoms with Crippen LogP contribution in [0.5, 0.6) is 0 Å². The number of hydrogen-bond acceptors (Lipinski definition) is 2. The van der Waals surface area contributed by atoms with Crippen molar-refractivity contribution in [3.63, 3.8) is 0 Å². The molecule has 1 heterocycles. The Balaban J connectivity index is 1.96. The fourth-order valence-electron chi connectivity index (χ4n) is 4.53. The Morgan fingerprint density at radius 1 is 0.613 bits per heavy atom. The van der Waals surface area contributed by atoms with Gasteiger partial charge in [-0.05, 0) is 39.5 Å². The molecule has 2 nitrogen and oxygen atoms in total. The van der Waals surface area contributed by atoms with Crippen molar-refractivity contribution in [1.82, 2.24) is 9.97 Å². The van der Waals surface area contributed by atoms with Gasteiger partial charge in [-0.15, -0.1) is 0 Å². The predicted molar refractivity (Wildman–Crippen MR) is 130 cm³/mol. The molecule has 0 N–H and O–H groups in total. The molecule has 2 heteroatoms. The molecule has 0 bridgehead atoms. The van der Waals surface area contributed by atoms with E-state index >= 15 is 0 Å². The summed E-state index contributed by atoms with van der Waals surface area (Å²) in [6.07, 6.45) is 0. The predicted octanol–water partition coefficient (Wildman–Crippen LogP) is 7.56. The SMILES string of the molecule is [2H]C([2H])([2H])C1(C)C(C)(C)c2cc3nc(-c4ccccc4)c(-c4ccccc4)nc3cc2C1(C([2H])([2H])[2H])C([2H])([2H])[2H]. The minimum absolute atomic E-state index is 0.0376. The lowest BCUT2D eigenvalue weighted by atomic mass is 9.59. The van der Waals surface area contributed by atoms with Crippen molar-refractivity contribution in [2.24, 2.45) is 5.41 Å². The number of aromatic nitrogens is 2. The first-order chi connectivity index (χ1) is 18.4. The van der Waals surface area contributed by atoms with Crippen LogP contribution in [0.25, 0.3) is 33.5 Å². The Kier molecular flexibility index (Phi) is 2.55. The monoisotopic (exact) mass is 415 g/mol. The Bertz CT molecular complexity index is 1570. The summed E-state index contributed by atoms with van der Waals surface area (Å²) in [5.74, 6) is 0. The van der Waals surface area contributed by atoms with Crippen LogP contribution in [0.2, 0.25) is 0 Å². The highest BCUT2D eigenvalue weighted by Crippen LogP contribution is 2.61. The van der Waals surface area contributed by atoms with Crippen molar-refractivity contribution in [2.75, 3.05) is 0 Å². The molecule has 1 atom stereocenters. The lowest BCUT2D eigenvalue weighted by Gasteiger charge is -2.44. The minimum atomic E-state index is -3.18. The normalized spacial score (nSPS) is 26.7. The number of rotatable bonds is 2. The summed E-state index contributed by atoms with van der Waals surface area (Å²) >= 11 is 0. The molecule has 0 aliphatic heterocycles. The van der Waals surface area contributed by atoms with Gasteiger partial charge in [-0.3, -0.25) is 0 Å². The number of nitrogens with zero attached hydrogens (tertiary/aromatic N) is 2. The molecule has 0 amide bonds. The summed E-state index contributed by atoms with van der Waals surface area (Å²) in [5.41, 5.74) is -2.50. The van der Waals surface area contributed by atoms with E-state index in [2.05, 4.69) is 0 Å². The zero-order valence-electron chi connectivity index (χ0n) is 26.8. The second-order valence-corrected chi connectivity index (χ2v) is 9.04. The first kappa shape index (κ1) is 12.1. The zero-order chi connectivity index (χ0) is 29.5. The van der Waals surface area contributed by atoms with Crippen LogP contribution in [0.1, 0.15) is 64.8 Å². The highest BCUT2D eigenvalue weighted by Gasteiger charge is 2.56. The molecule has 0 fully saturated rings. The van der Waals surface area contributed by atoms with Crippen molar-refractivity contribution in [2.45, 2.75) is 52.2 Å². The van der Waals surface area contributed by atoms with Crippen LogP contribution < -0.4 is 0 Å². The van der Waals surface area contributed by atoms with Gasteiger partial charge in [0.15, 0.2) is 0 Å². The van der Waals surface area contributed by atoms with Gasteiger partial charge in [0.1, 0.15) is 0 Å². The van der Waals surface area contributed by atoms with Crippen molar-refractivity contribution in [3.8, 4) is 22.5 Å². The molecule has 31 heavy (non-hydrogen) atoms. The molecule has 1 aliphatic carbocycles. The van der Waals surface area contributed by atoms with Crippen molar-refractivity contribution < 1.29 is 12.3 Å². The summed E-state index contributed by atoms with van der Waals surface area (Å²) in [6, 6.07) is 22.0. The molecule has 1 unspecified atom stereocenters. The van der Waals surface area contributed by atoms with E-state index in [0.29, 0.717) is 28.0 Å². The summed E-state index contributed by atoms with van der Waals surface area (Å²) in [7, 11) is 0. The van der Waals surface area contributed by atoms with Gasteiger partial charge >= 0.3 is 0 Å². The molecule has 0 saturated heterocycles. The van der Waals surface area contributed by atoms with Crippen LogP contribution in [0.15, 0.2) is 72.8 Å². The van der Waals surface area contributed by atoms with E-state index < -0.39 is 36.8 Å². The van der Waals surface area contributed by atoms with E-state index in [1.165, 1.54) is 13.0 Å². The maximum Gasteiger partial charge on any atom is 0.0973 e. The van der Waals surface area contributed by atoms with Gasteiger partial charge in [0.2, 0.25) is 0 Å². The molecule has 0 spiro atoms. The summed E-state index contributed by atoms with van der Waals surface area (Å²) in [4.78, 5) is 9.88. The largest absolute Gasteiger partial charge is 0.244 e. The Labute approximate surface area is 198 Å². The summed E-state index contributed by atoms with van der Waals surface area (Å²) in [6.45, 7) is -4.78. The van der Waals surface area contributed by atoms with Crippen LogP contribution in [0.3, 0.4) is 0 Å². The van der Waals surface area contributed by atoms with Gasteiger partial charge in [0.05, 0.1) is 22.4 Å². The third-order valence-corrected chi connectivity index (χ3v) is 6.98. The zero-order valence-corrected chi connectivity index (χ0v) is 17.8. The smallest absolute Gasteiger partial charge is 0.0973 e. The third-order valence-electron chi connectivity index (χ3n) is 6.98. The van der Waals surface area contributed by atoms with E-state index in [0.717, 1.165) is 11.1 Å². The first-order valence-corrected chi connectivity index (χ1v) is 10.4. The van der Waals surface area contributed by atoms with Crippen molar-refractivity contribution >= 4 is 11.0 Å². The maximum atomic E-state index is 8.59. The molecule has 0 saturated carbocycles. The van der Waals surface area contributed by atoms with Gasteiger partial charge in [0, 0.05) is 23.5 Å². The average Bonchev–Trinajstić information content (AvgIpc) is 3.03. The molecule has 1 aliphatic rings. The molecule has 156 valence electrons. The number of fused-ring (bicyclic) bond motifs is 2. The quantitative estimate of drug-likeness (QED) is 0.337. The van der Waals surface area contributed by atoms with E-state index in [4.69, 9.17) is 22.3 Å². The minimum Gasteiger partial charge on any atom is -0.244 e. The average molecular weight is 416 g/mol. The van der Waals surface area contributed by atoms with Crippen LogP contribution in [-0.4, -0.2) is 9.97 Å². The maximum absolute atomic E-state index is 8.59. The Morgan fingerprint density at radius 2 is 1.06 bits per heavy atom. The first-order valence-electron chi connectivity index (χ1n) is 14.9. The fourth-order valence-corrected chi connectivity index (χ4v) is 4.53. The number of benzene rings is 3. The highest BCUT2D eigenvalue weighted by molar-refractivity contribution is 5.87. The summed E-state index contributed by atoms with van der Waals surface area (Å²) in [5, 5.41) is 0. The highest BCUT2D eigenvalue weighted by atomic mass is 14.8. The van der Waals surface area contributed by atoms with E-state index in [9.17, 15) is 0 Å². The molecule has 0 radical (unpaired) electrons. The third kappa shape index (κ3) is 2.70. The molecule has 1 aromatic heterocycles. The second-order valence-electron chi connectivity index (χ2n) is 9.04. The van der Waals surface area contributed by atoms with Crippen LogP contribution in [-0.2, 0) is 10.8 Å².